The van der Waals surface area contributed by atoms with Gasteiger partial charge in [0.05, 0.1) is 6.04 Å². The Hall–Kier alpha value is -1.31. The third-order valence-electron chi connectivity index (χ3n) is 2.05. The van der Waals surface area contributed by atoms with Crippen molar-refractivity contribution in [1.29, 1.82) is 0 Å². The molecule has 2 nitrogen and oxygen atoms in total. The van der Waals surface area contributed by atoms with E-state index in [1.807, 2.05) is 30.3 Å². The SMILES string of the molecule is CCC[C@@H](NC=O)c1ccccc1. The molecule has 1 aromatic carbocycles. The molecule has 0 aromatic heterocycles. The van der Waals surface area contributed by atoms with Gasteiger partial charge in [-0.05, 0) is 12.0 Å². The highest BCUT2D eigenvalue weighted by molar-refractivity contribution is 5.47. The lowest BCUT2D eigenvalue weighted by Crippen LogP contribution is -2.19. The quantitative estimate of drug-likeness (QED) is 0.687. The van der Waals surface area contributed by atoms with Crippen LogP contribution in [-0.4, -0.2) is 6.41 Å². The Morgan fingerprint density at radius 3 is 2.62 bits per heavy atom. The molecule has 0 radical (unpaired) electrons. The zero-order valence-corrected chi connectivity index (χ0v) is 7.86. The van der Waals surface area contributed by atoms with Crippen molar-refractivity contribution in [3.05, 3.63) is 35.9 Å². The minimum Gasteiger partial charge on any atom is -0.352 e. The second kappa shape index (κ2) is 5.36. The van der Waals surface area contributed by atoms with Crippen molar-refractivity contribution in [1.82, 2.24) is 5.32 Å². The number of nitrogens with one attached hydrogen (secondary N) is 1. The first-order chi connectivity index (χ1) is 6.38. The van der Waals surface area contributed by atoms with Crippen molar-refractivity contribution < 1.29 is 4.79 Å². The molecule has 0 saturated heterocycles. The molecule has 0 fully saturated rings. The van der Waals surface area contributed by atoms with Crippen LogP contribution >= 0.6 is 0 Å². The highest BCUT2D eigenvalue weighted by Crippen LogP contribution is 2.16. The summed E-state index contributed by atoms with van der Waals surface area (Å²) in [5.74, 6) is 0. The molecule has 1 atom stereocenters. The van der Waals surface area contributed by atoms with Crippen molar-refractivity contribution in [2.75, 3.05) is 0 Å². The summed E-state index contributed by atoms with van der Waals surface area (Å²) in [6.07, 6.45) is 2.83. The molecule has 0 unspecified atom stereocenters. The van der Waals surface area contributed by atoms with Crippen molar-refractivity contribution in [3.8, 4) is 0 Å². The summed E-state index contributed by atoms with van der Waals surface area (Å²) in [4.78, 5) is 10.4. The van der Waals surface area contributed by atoms with Crippen LogP contribution in [0.4, 0.5) is 0 Å². The van der Waals surface area contributed by atoms with Gasteiger partial charge in [0.1, 0.15) is 0 Å². The van der Waals surface area contributed by atoms with E-state index in [-0.39, 0.29) is 6.04 Å². The fourth-order valence-corrected chi connectivity index (χ4v) is 1.40. The van der Waals surface area contributed by atoms with E-state index in [0.717, 1.165) is 19.3 Å². The summed E-state index contributed by atoms with van der Waals surface area (Å²) in [5, 5.41) is 2.82. The van der Waals surface area contributed by atoms with Crippen molar-refractivity contribution in [2.24, 2.45) is 0 Å². The summed E-state index contributed by atoms with van der Waals surface area (Å²) in [6, 6.07) is 10.2. The van der Waals surface area contributed by atoms with Crippen LogP contribution in [0.3, 0.4) is 0 Å². The number of benzene rings is 1. The molecule has 2 heteroatoms. The molecule has 13 heavy (non-hydrogen) atoms. The Morgan fingerprint density at radius 1 is 1.38 bits per heavy atom. The van der Waals surface area contributed by atoms with Gasteiger partial charge in [-0.15, -0.1) is 0 Å². The Kier molecular flexibility index (Phi) is 4.03. The molecule has 1 aromatic rings. The van der Waals surface area contributed by atoms with Crippen molar-refractivity contribution >= 4 is 6.41 Å². The van der Waals surface area contributed by atoms with Crippen LogP contribution in [0.5, 0.6) is 0 Å². The van der Waals surface area contributed by atoms with E-state index >= 15 is 0 Å². The summed E-state index contributed by atoms with van der Waals surface area (Å²) < 4.78 is 0. The average molecular weight is 177 g/mol. The maximum absolute atomic E-state index is 10.4. The lowest BCUT2D eigenvalue weighted by atomic mass is 10.0. The maximum atomic E-state index is 10.4. The van der Waals surface area contributed by atoms with Gasteiger partial charge in [-0.1, -0.05) is 43.7 Å². The summed E-state index contributed by atoms with van der Waals surface area (Å²) >= 11 is 0. The Balaban J connectivity index is 2.69. The molecule has 0 spiro atoms. The predicted octanol–water partition coefficient (Wildman–Crippen LogP) is 2.27. The highest BCUT2D eigenvalue weighted by Gasteiger charge is 2.07. The molecule has 0 aliphatic rings. The molecule has 0 aliphatic heterocycles. The van der Waals surface area contributed by atoms with Gasteiger partial charge in [-0.3, -0.25) is 4.79 Å². The van der Waals surface area contributed by atoms with Crippen LogP contribution in [0.15, 0.2) is 30.3 Å². The highest BCUT2D eigenvalue weighted by atomic mass is 16.1. The Bertz CT molecular complexity index is 246. The second-order valence-corrected chi connectivity index (χ2v) is 3.04. The smallest absolute Gasteiger partial charge is 0.207 e. The Morgan fingerprint density at radius 2 is 2.08 bits per heavy atom. The molecule has 0 saturated carbocycles. The van der Waals surface area contributed by atoms with E-state index < -0.39 is 0 Å². The van der Waals surface area contributed by atoms with Crippen LogP contribution in [0.2, 0.25) is 0 Å². The Labute approximate surface area is 79.0 Å². The number of carbonyl (C=O) groups excluding carboxylic acids is 1. The average Bonchev–Trinajstić information content (AvgIpc) is 2.19. The third kappa shape index (κ3) is 2.90. The van der Waals surface area contributed by atoms with E-state index in [1.165, 1.54) is 5.56 Å². The van der Waals surface area contributed by atoms with E-state index in [2.05, 4.69) is 12.2 Å². The molecule has 0 aliphatic carbocycles. The van der Waals surface area contributed by atoms with Gasteiger partial charge in [0.15, 0.2) is 0 Å². The van der Waals surface area contributed by atoms with Crippen molar-refractivity contribution in [2.45, 2.75) is 25.8 Å². The van der Waals surface area contributed by atoms with Crippen LogP contribution in [0.1, 0.15) is 31.4 Å². The van der Waals surface area contributed by atoms with Gasteiger partial charge in [0.2, 0.25) is 6.41 Å². The summed E-state index contributed by atoms with van der Waals surface area (Å²) in [6.45, 7) is 2.11. The van der Waals surface area contributed by atoms with Gasteiger partial charge in [0.25, 0.3) is 0 Å². The van der Waals surface area contributed by atoms with Gasteiger partial charge in [0, 0.05) is 0 Å². The molecule has 1 rings (SSSR count). The van der Waals surface area contributed by atoms with Crippen LogP contribution in [-0.2, 0) is 4.79 Å². The normalized spacial score (nSPS) is 12.1. The van der Waals surface area contributed by atoms with E-state index in [4.69, 9.17) is 0 Å². The third-order valence-corrected chi connectivity index (χ3v) is 2.05. The molecule has 70 valence electrons. The monoisotopic (exact) mass is 177 g/mol. The van der Waals surface area contributed by atoms with Crippen LogP contribution in [0, 0.1) is 0 Å². The van der Waals surface area contributed by atoms with Gasteiger partial charge < -0.3 is 5.32 Å². The molecule has 0 heterocycles. The van der Waals surface area contributed by atoms with E-state index in [9.17, 15) is 4.79 Å². The standard InChI is InChI=1S/C11H15NO/c1-2-6-11(12-9-13)10-7-4-3-5-8-10/h3-5,7-9,11H,2,6H2,1H3,(H,12,13)/t11-/m1/s1. The molecule has 1 N–H and O–H groups in total. The number of hydrogen-bond acceptors (Lipinski definition) is 1. The zero-order valence-electron chi connectivity index (χ0n) is 7.86. The molecular formula is C11H15NO. The first-order valence-electron chi connectivity index (χ1n) is 4.63. The predicted molar refractivity (Wildman–Crippen MR) is 53.3 cm³/mol. The fraction of sp³-hybridized carbons (Fsp3) is 0.364. The second-order valence-electron chi connectivity index (χ2n) is 3.04. The molecule has 1 amide bonds. The number of carbonyl (C=O) groups is 1. The van der Waals surface area contributed by atoms with Crippen molar-refractivity contribution in [3.63, 3.8) is 0 Å². The number of rotatable bonds is 5. The minimum atomic E-state index is 0.170. The summed E-state index contributed by atoms with van der Waals surface area (Å²) in [7, 11) is 0. The first kappa shape index (κ1) is 9.78. The topological polar surface area (TPSA) is 29.1 Å². The van der Waals surface area contributed by atoms with Crippen LogP contribution in [0.25, 0.3) is 0 Å². The van der Waals surface area contributed by atoms with E-state index in [0.29, 0.717) is 0 Å². The van der Waals surface area contributed by atoms with E-state index in [1.54, 1.807) is 0 Å². The van der Waals surface area contributed by atoms with Crippen LogP contribution < -0.4 is 5.32 Å². The minimum absolute atomic E-state index is 0.170. The largest absolute Gasteiger partial charge is 0.352 e. The number of hydrogen-bond donors (Lipinski definition) is 1. The van der Waals surface area contributed by atoms with Gasteiger partial charge in [-0.25, -0.2) is 0 Å². The molecular weight excluding hydrogens is 162 g/mol. The maximum Gasteiger partial charge on any atom is 0.207 e. The summed E-state index contributed by atoms with van der Waals surface area (Å²) in [5.41, 5.74) is 1.18. The van der Waals surface area contributed by atoms with Gasteiger partial charge in [-0.2, -0.15) is 0 Å². The lowest BCUT2D eigenvalue weighted by molar-refractivity contribution is -0.110. The zero-order chi connectivity index (χ0) is 9.52. The lowest BCUT2D eigenvalue weighted by Gasteiger charge is -2.14. The molecule has 0 bridgehead atoms. The fourth-order valence-electron chi connectivity index (χ4n) is 1.40. The number of amides is 1. The van der Waals surface area contributed by atoms with Gasteiger partial charge >= 0.3 is 0 Å². The first-order valence-corrected chi connectivity index (χ1v) is 4.63.